The number of rotatable bonds is 7. The predicted octanol–water partition coefficient (Wildman–Crippen LogP) is 5.38. The normalized spacial score (nSPS) is 21.6. The molecule has 1 N–H and O–H groups in total. The first-order valence-electron chi connectivity index (χ1n) is 13.2. The van der Waals surface area contributed by atoms with Crippen LogP contribution in [0.15, 0.2) is 36.7 Å². The average molecular weight is 461 g/mol. The van der Waals surface area contributed by atoms with E-state index in [1.165, 1.54) is 18.4 Å². The van der Waals surface area contributed by atoms with Crippen molar-refractivity contribution in [1.29, 1.82) is 0 Å². The molecule has 1 aliphatic heterocycles. The number of aromatic amines is 1. The molecule has 0 spiro atoms. The van der Waals surface area contributed by atoms with Crippen LogP contribution >= 0.6 is 0 Å². The van der Waals surface area contributed by atoms with Crippen molar-refractivity contribution >= 4 is 5.91 Å². The number of hydrogen-bond acceptors (Lipinski definition) is 3. The van der Waals surface area contributed by atoms with E-state index in [4.69, 9.17) is 0 Å². The van der Waals surface area contributed by atoms with E-state index in [0.717, 1.165) is 75.5 Å². The van der Waals surface area contributed by atoms with Gasteiger partial charge in [0.1, 0.15) is 5.82 Å². The van der Waals surface area contributed by atoms with Crippen molar-refractivity contribution in [3.05, 3.63) is 53.6 Å². The molecule has 1 aliphatic carbocycles. The van der Waals surface area contributed by atoms with E-state index >= 15 is 0 Å². The lowest BCUT2D eigenvalue weighted by molar-refractivity contribution is -0.141. The van der Waals surface area contributed by atoms with Gasteiger partial charge in [-0.25, -0.2) is 4.98 Å². The second kappa shape index (κ2) is 12.2. The molecule has 1 aromatic carbocycles. The van der Waals surface area contributed by atoms with Gasteiger partial charge in [-0.05, 0) is 68.6 Å². The standard InChI is InChI=1S/C29H40N4O/c1-3-4-5-7-24-8-6-9-25(20-24)21-33(29(34)26-12-10-23(2)11-13-26)27-14-18-32(19-15-27)22-28-30-16-17-31-28/h6,8-9,16-17,20,23,26-27H,3-4,10-15,18-19,21-22H2,1-2H3,(H,30,31). The van der Waals surface area contributed by atoms with Gasteiger partial charge in [-0.1, -0.05) is 37.8 Å². The molecular weight excluding hydrogens is 420 g/mol. The maximum atomic E-state index is 13.8. The highest BCUT2D eigenvalue weighted by Crippen LogP contribution is 2.32. The molecule has 0 radical (unpaired) electrons. The Morgan fingerprint density at radius 3 is 2.68 bits per heavy atom. The van der Waals surface area contributed by atoms with Crippen LogP contribution in [-0.2, 0) is 17.9 Å². The van der Waals surface area contributed by atoms with E-state index < -0.39 is 0 Å². The van der Waals surface area contributed by atoms with Crippen molar-refractivity contribution in [2.45, 2.75) is 84.3 Å². The number of H-pyrrole nitrogens is 1. The molecule has 2 fully saturated rings. The van der Waals surface area contributed by atoms with Gasteiger partial charge in [0.25, 0.3) is 0 Å². The van der Waals surface area contributed by atoms with Crippen LogP contribution in [0.25, 0.3) is 0 Å². The summed E-state index contributed by atoms with van der Waals surface area (Å²) < 4.78 is 0. The van der Waals surface area contributed by atoms with Crippen molar-refractivity contribution in [1.82, 2.24) is 19.8 Å². The van der Waals surface area contributed by atoms with Crippen LogP contribution in [0.4, 0.5) is 0 Å². The molecule has 2 heterocycles. The molecule has 0 unspecified atom stereocenters. The van der Waals surface area contributed by atoms with Gasteiger partial charge < -0.3 is 9.88 Å². The van der Waals surface area contributed by atoms with E-state index in [-0.39, 0.29) is 5.92 Å². The summed E-state index contributed by atoms with van der Waals surface area (Å²) in [5, 5.41) is 0. The minimum Gasteiger partial charge on any atom is -0.348 e. The smallest absolute Gasteiger partial charge is 0.226 e. The number of carbonyl (C=O) groups is 1. The highest BCUT2D eigenvalue weighted by Gasteiger charge is 2.33. The number of amides is 1. The Hall–Kier alpha value is -2.58. The number of benzene rings is 1. The molecule has 1 amide bonds. The summed E-state index contributed by atoms with van der Waals surface area (Å²) in [5.74, 6) is 8.87. The van der Waals surface area contributed by atoms with Crippen molar-refractivity contribution in [3.8, 4) is 11.8 Å². The molecule has 5 heteroatoms. The Morgan fingerprint density at radius 1 is 1.18 bits per heavy atom. The number of piperidine rings is 1. The molecule has 2 aliphatic rings. The number of aromatic nitrogens is 2. The first kappa shape index (κ1) is 24.5. The van der Waals surface area contributed by atoms with E-state index in [1.807, 2.05) is 12.4 Å². The molecule has 4 rings (SSSR count). The fourth-order valence-electron chi connectivity index (χ4n) is 5.35. The van der Waals surface area contributed by atoms with Gasteiger partial charge in [0, 0.05) is 56.0 Å². The second-order valence-electron chi connectivity index (χ2n) is 10.2. The Kier molecular flexibility index (Phi) is 8.82. The first-order valence-corrected chi connectivity index (χ1v) is 13.2. The van der Waals surface area contributed by atoms with Crippen LogP contribution in [-0.4, -0.2) is 44.8 Å². The molecular formula is C29H40N4O. The largest absolute Gasteiger partial charge is 0.348 e. The summed E-state index contributed by atoms with van der Waals surface area (Å²) in [6.07, 6.45) is 12.2. The van der Waals surface area contributed by atoms with Gasteiger partial charge in [0.15, 0.2) is 0 Å². The number of likely N-dealkylation sites (tertiary alicyclic amines) is 1. The van der Waals surface area contributed by atoms with E-state index in [1.54, 1.807) is 0 Å². The predicted molar refractivity (Wildman–Crippen MR) is 137 cm³/mol. The molecule has 182 valence electrons. The number of carbonyl (C=O) groups excluding carboxylic acids is 1. The quantitative estimate of drug-likeness (QED) is 0.564. The third-order valence-electron chi connectivity index (χ3n) is 7.46. The highest BCUT2D eigenvalue weighted by molar-refractivity contribution is 5.79. The number of hydrogen-bond donors (Lipinski definition) is 1. The fourth-order valence-corrected chi connectivity index (χ4v) is 5.35. The number of unbranched alkanes of at least 4 members (excludes halogenated alkanes) is 1. The van der Waals surface area contributed by atoms with Crippen LogP contribution in [0.1, 0.15) is 82.2 Å². The maximum Gasteiger partial charge on any atom is 0.226 e. The molecule has 2 aromatic rings. The third-order valence-corrected chi connectivity index (χ3v) is 7.46. The van der Waals surface area contributed by atoms with Gasteiger partial charge in [0.05, 0.1) is 6.54 Å². The average Bonchev–Trinajstić information content (AvgIpc) is 3.37. The van der Waals surface area contributed by atoms with Crippen LogP contribution < -0.4 is 0 Å². The molecule has 34 heavy (non-hydrogen) atoms. The third kappa shape index (κ3) is 6.73. The first-order chi connectivity index (χ1) is 16.6. The summed E-state index contributed by atoms with van der Waals surface area (Å²) in [6.45, 7) is 8.02. The van der Waals surface area contributed by atoms with Crippen LogP contribution in [0.2, 0.25) is 0 Å². The topological polar surface area (TPSA) is 52.2 Å². The zero-order chi connectivity index (χ0) is 23.8. The molecule has 1 aromatic heterocycles. The van der Waals surface area contributed by atoms with Gasteiger partial charge >= 0.3 is 0 Å². The van der Waals surface area contributed by atoms with Crippen molar-refractivity contribution in [2.24, 2.45) is 11.8 Å². The van der Waals surface area contributed by atoms with Crippen molar-refractivity contribution < 1.29 is 4.79 Å². The molecule has 0 bridgehead atoms. The zero-order valence-corrected chi connectivity index (χ0v) is 20.9. The summed E-state index contributed by atoms with van der Waals surface area (Å²) in [5.41, 5.74) is 2.25. The van der Waals surface area contributed by atoms with Gasteiger partial charge in [0.2, 0.25) is 5.91 Å². The molecule has 5 nitrogen and oxygen atoms in total. The monoisotopic (exact) mass is 460 g/mol. The van der Waals surface area contributed by atoms with Crippen molar-refractivity contribution in [2.75, 3.05) is 13.1 Å². The summed E-state index contributed by atoms with van der Waals surface area (Å²) in [4.78, 5) is 26.1. The van der Waals surface area contributed by atoms with Crippen LogP contribution in [0.5, 0.6) is 0 Å². The zero-order valence-electron chi connectivity index (χ0n) is 20.9. The summed E-state index contributed by atoms with van der Waals surface area (Å²) >= 11 is 0. The van der Waals surface area contributed by atoms with Crippen LogP contribution in [0.3, 0.4) is 0 Å². The number of nitrogens with zero attached hydrogens (tertiary/aromatic N) is 3. The Balaban J connectivity index is 1.46. The van der Waals surface area contributed by atoms with E-state index in [0.29, 0.717) is 18.5 Å². The van der Waals surface area contributed by atoms with Crippen LogP contribution in [0, 0.1) is 23.7 Å². The number of imidazole rings is 1. The SMILES string of the molecule is CCCC#Cc1cccc(CN(C(=O)C2CCC(C)CC2)C2CCN(Cc3ncc[nH]3)CC2)c1. The lowest BCUT2D eigenvalue weighted by Gasteiger charge is -2.40. The van der Waals surface area contributed by atoms with E-state index in [9.17, 15) is 4.79 Å². The lowest BCUT2D eigenvalue weighted by Crippen LogP contribution is -2.49. The molecule has 1 saturated carbocycles. The summed E-state index contributed by atoms with van der Waals surface area (Å²) in [6, 6.07) is 8.79. The Morgan fingerprint density at radius 2 is 1.97 bits per heavy atom. The Bertz CT molecular complexity index is 958. The highest BCUT2D eigenvalue weighted by atomic mass is 16.2. The lowest BCUT2D eigenvalue weighted by atomic mass is 9.82. The van der Waals surface area contributed by atoms with Gasteiger partial charge in [-0.2, -0.15) is 0 Å². The second-order valence-corrected chi connectivity index (χ2v) is 10.2. The fraction of sp³-hybridized carbons (Fsp3) is 0.586. The van der Waals surface area contributed by atoms with E-state index in [2.05, 4.69) is 69.7 Å². The van der Waals surface area contributed by atoms with Gasteiger partial charge in [-0.3, -0.25) is 9.69 Å². The summed E-state index contributed by atoms with van der Waals surface area (Å²) in [7, 11) is 0. The Labute approximate surface area is 205 Å². The maximum absolute atomic E-state index is 13.8. The number of nitrogens with one attached hydrogen (secondary N) is 1. The minimum absolute atomic E-state index is 0.185. The molecule has 0 atom stereocenters. The minimum atomic E-state index is 0.185. The van der Waals surface area contributed by atoms with Gasteiger partial charge in [-0.15, -0.1) is 0 Å². The molecule has 1 saturated heterocycles. The van der Waals surface area contributed by atoms with Crippen molar-refractivity contribution in [3.63, 3.8) is 0 Å².